The van der Waals surface area contributed by atoms with Crippen LogP contribution in [0.2, 0.25) is 0 Å². The number of rotatable bonds is 5. The van der Waals surface area contributed by atoms with Crippen LogP contribution in [0.4, 0.5) is 5.82 Å². The molecule has 0 radical (unpaired) electrons. The molecule has 1 atom stereocenters. The fourth-order valence-electron chi connectivity index (χ4n) is 3.37. The van der Waals surface area contributed by atoms with Crippen molar-refractivity contribution in [1.82, 2.24) is 4.98 Å². The van der Waals surface area contributed by atoms with Crippen molar-refractivity contribution in [1.29, 1.82) is 0 Å². The van der Waals surface area contributed by atoms with E-state index >= 15 is 0 Å². The molecule has 2 aromatic carbocycles. The Labute approximate surface area is 168 Å². The van der Waals surface area contributed by atoms with Gasteiger partial charge in [0.2, 0.25) is 0 Å². The number of nitrogens with zero attached hydrogens (tertiary/aromatic N) is 2. The van der Waals surface area contributed by atoms with Crippen LogP contribution in [0.1, 0.15) is 17.2 Å². The van der Waals surface area contributed by atoms with Crippen molar-refractivity contribution in [2.45, 2.75) is 6.04 Å². The van der Waals surface area contributed by atoms with Gasteiger partial charge in [0.15, 0.2) is 11.5 Å². The van der Waals surface area contributed by atoms with E-state index in [1.807, 2.05) is 60.7 Å². The Hall–Kier alpha value is -3.99. The quantitative estimate of drug-likeness (QED) is 0.669. The van der Waals surface area contributed by atoms with Gasteiger partial charge in [0.1, 0.15) is 5.82 Å². The van der Waals surface area contributed by atoms with Gasteiger partial charge in [-0.2, -0.15) is 0 Å². The fraction of sp³-hybridized carbons (Fsp3) is 0.0417. The predicted octanol–water partition coefficient (Wildman–Crippen LogP) is 4.26. The second-order valence-corrected chi connectivity index (χ2v) is 6.55. The van der Waals surface area contributed by atoms with Gasteiger partial charge in [0, 0.05) is 6.20 Å². The molecule has 0 bridgehead atoms. The molecule has 0 aliphatic carbocycles. The van der Waals surface area contributed by atoms with E-state index in [9.17, 15) is 14.7 Å². The Kier molecular flexibility index (Phi) is 5.03. The lowest BCUT2D eigenvalue weighted by Crippen LogP contribution is -2.31. The zero-order valence-electron chi connectivity index (χ0n) is 15.5. The van der Waals surface area contributed by atoms with Crippen molar-refractivity contribution < 1.29 is 14.7 Å². The summed E-state index contributed by atoms with van der Waals surface area (Å²) in [6, 6.07) is 22.9. The summed E-state index contributed by atoms with van der Waals surface area (Å²) in [6.07, 6.45) is 4.61. The summed E-state index contributed by atoms with van der Waals surface area (Å²) in [5.41, 5.74) is 1.61. The molecule has 0 fully saturated rings. The number of aromatic nitrogens is 1. The molecular formula is C24H18N2O3. The van der Waals surface area contributed by atoms with Crippen molar-refractivity contribution in [3.63, 3.8) is 0 Å². The van der Waals surface area contributed by atoms with Crippen LogP contribution in [0, 0.1) is 0 Å². The van der Waals surface area contributed by atoms with Crippen molar-refractivity contribution in [2.75, 3.05) is 4.90 Å². The standard InChI is InChI=1S/C24H18N2O3/c27-19(15-14-17-9-3-1-4-10-17)21-22(18-11-5-2-6-12-18)26(24(29)23(21)28)20-13-7-8-16-25-20/h1-16,22,28H/b15-14-/t22-/m0/s1. The first kappa shape index (κ1) is 18.4. The molecular weight excluding hydrogens is 364 g/mol. The van der Waals surface area contributed by atoms with Crippen molar-refractivity contribution >= 4 is 23.6 Å². The third kappa shape index (κ3) is 3.58. The Morgan fingerprint density at radius 2 is 1.59 bits per heavy atom. The summed E-state index contributed by atoms with van der Waals surface area (Å²) in [5.74, 6) is -1.25. The van der Waals surface area contributed by atoms with Gasteiger partial charge in [-0.25, -0.2) is 4.98 Å². The minimum atomic E-state index is -0.758. The second kappa shape index (κ2) is 7.94. The van der Waals surface area contributed by atoms with E-state index in [-0.39, 0.29) is 5.57 Å². The van der Waals surface area contributed by atoms with Crippen LogP contribution in [-0.2, 0) is 9.59 Å². The summed E-state index contributed by atoms with van der Waals surface area (Å²) in [4.78, 5) is 31.5. The number of amides is 1. The van der Waals surface area contributed by atoms with Crippen LogP contribution in [0.15, 0.2) is 102 Å². The molecule has 5 nitrogen and oxygen atoms in total. The number of benzene rings is 2. The van der Waals surface area contributed by atoms with Crippen LogP contribution in [0.3, 0.4) is 0 Å². The number of ketones is 1. The van der Waals surface area contributed by atoms with Crippen LogP contribution in [-0.4, -0.2) is 21.8 Å². The molecule has 1 aromatic heterocycles. The van der Waals surface area contributed by atoms with Crippen LogP contribution < -0.4 is 4.90 Å². The molecule has 29 heavy (non-hydrogen) atoms. The predicted molar refractivity (Wildman–Crippen MR) is 111 cm³/mol. The van der Waals surface area contributed by atoms with E-state index in [1.54, 1.807) is 30.5 Å². The fourth-order valence-corrected chi connectivity index (χ4v) is 3.37. The molecule has 0 spiro atoms. The number of aliphatic hydroxyl groups excluding tert-OH is 1. The number of hydrogen-bond acceptors (Lipinski definition) is 4. The third-order valence-corrected chi connectivity index (χ3v) is 4.71. The average Bonchev–Trinajstić information content (AvgIpc) is 3.05. The number of pyridine rings is 1. The van der Waals surface area contributed by atoms with E-state index in [0.29, 0.717) is 11.4 Å². The highest BCUT2D eigenvalue weighted by molar-refractivity contribution is 6.19. The Balaban J connectivity index is 1.77. The Morgan fingerprint density at radius 1 is 0.931 bits per heavy atom. The molecule has 1 aliphatic heterocycles. The molecule has 0 saturated heterocycles. The number of anilines is 1. The molecule has 4 rings (SSSR count). The molecule has 1 aliphatic rings. The van der Waals surface area contributed by atoms with E-state index in [2.05, 4.69) is 4.98 Å². The van der Waals surface area contributed by atoms with E-state index < -0.39 is 23.5 Å². The maximum atomic E-state index is 13.0. The van der Waals surface area contributed by atoms with Gasteiger partial charge in [-0.1, -0.05) is 72.8 Å². The largest absolute Gasteiger partial charge is 0.503 e. The smallest absolute Gasteiger partial charge is 0.295 e. The summed E-state index contributed by atoms with van der Waals surface area (Å²) in [6.45, 7) is 0. The van der Waals surface area contributed by atoms with Gasteiger partial charge >= 0.3 is 0 Å². The first-order valence-electron chi connectivity index (χ1n) is 9.17. The summed E-state index contributed by atoms with van der Waals surface area (Å²) in [7, 11) is 0. The maximum Gasteiger partial charge on any atom is 0.295 e. The molecule has 0 unspecified atom stereocenters. The normalized spacial score (nSPS) is 16.6. The third-order valence-electron chi connectivity index (χ3n) is 4.71. The maximum absolute atomic E-state index is 13.0. The van der Waals surface area contributed by atoms with E-state index in [4.69, 9.17) is 0 Å². The lowest BCUT2D eigenvalue weighted by atomic mass is 9.95. The summed E-state index contributed by atoms with van der Waals surface area (Å²) < 4.78 is 0. The van der Waals surface area contributed by atoms with Crippen LogP contribution >= 0.6 is 0 Å². The van der Waals surface area contributed by atoms with Gasteiger partial charge in [0.25, 0.3) is 5.91 Å². The first-order chi connectivity index (χ1) is 14.2. The topological polar surface area (TPSA) is 70.5 Å². The lowest BCUT2D eigenvalue weighted by molar-refractivity contribution is -0.117. The molecule has 3 aromatic rings. The highest BCUT2D eigenvalue weighted by Crippen LogP contribution is 2.40. The number of allylic oxidation sites excluding steroid dienone is 1. The SMILES string of the molecule is O=C(/C=C\c1ccccc1)C1=C(O)C(=O)N(c2ccccn2)[C@H]1c1ccccc1. The molecule has 1 amide bonds. The minimum Gasteiger partial charge on any atom is -0.503 e. The highest BCUT2D eigenvalue weighted by atomic mass is 16.3. The molecule has 142 valence electrons. The number of hydrogen-bond donors (Lipinski definition) is 1. The van der Waals surface area contributed by atoms with Gasteiger partial charge < -0.3 is 5.11 Å². The van der Waals surface area contributed by atoms with Crippen molar-refractivity contribution in [2.24, 2.45) is 0 Å². The molecule has 0 saturated carbocycles. The van der Waals surface area contributed by atoms with Crippen LogP contribution in [0.5, 0.6) is 0 Å². The molecule has 5 heteroatoms. The van der Waals surface area contributed by atoms with Gasteiger partial charge in [0.05, 0.1) is 11.6 Å². The zero-order valence-corrected chi connectivity index (χ0v) is 15.5. The lowest BCUT2D eigenvalue weighted by Gasteiger charge is -2.25. The number of carbonyl (C=O) groups is 2. The number of carbonyl (C=O) groups excluding carboxylic acids is 2. The second-order valence-electron chi connectivity index (χ2n) is 6.55. The van der Waals surface area contributed by atoms with E-state index in [1.165, 1.54) is 11.0 Å². The zero-order chi connectivity index (χ0) is 20.2. The van der Waals surface area contributed by atoms with E-state index in [0.717, 1.165) is 5.56 Å². The first-order valence-corrected chi connectivity index (χ1v) is 9.17. The van der Waals surface area contributed by atoms with Crippen LogP contribution in [0.25, 0.3) is 6.08 Å². The summed E-state index contributed by atoms with van der Waals surface area (Å²) >= 11 is 0. The average molecular weight is 382 g/mol. The minimum absolute atomic E-state index is 0.0408. The van der Waals surface area contributed by atoms with Crippen molar-refractivity contribution in [3.05, 3.63) is 114 Å². The molecule has 1 N–H and O–H groups in total. The highest BCUT2D eigenvalue weighted by Gasteiger charge is 2.44. The Bertz CT molecular complexity index is 1090. The van der Waals surface area contributed by atoms with Gasteiger partial charge in [-0.05, 0) is 29.3 Å². The van der Waals surface area contributed by atoms with Crippen molar-refractivity contribution in [3.8, 4) is 0 Å². The molecule has 2 heterocycles. The van der Waals surface area contributed by atoms with Gasteiger partial charge in [-0.3, -0.25) is 14.5 Å². The van der Waals surface area contributed by atoms with Gasteiger partial charge in [-0.15, -0.1) is 0 Å². The summed E-state index contributed by atoms with van der Waals surface area (Å²) in [5, 5.41) is 10.6. The Morgan fingerprint density at radius 3 is 2.24 bits per heavy atom. The number of aliphatic hydroxyl groups is 1. The monoisotopic (exact) mass is 382 g/mol.